The van der Waals surface area contributed by atoms with Gasteiger partial charge in [0.1, 0.15) is 5.78 Å². The highest BCUT2D eigenvalue weighted by atomic mass is 16.1. The Labute approximate surface area is 68.6 Å². The normalized spacial score (nSPS) is 27.5. The van der Waals surface area contributed by atoms with Gasteiger partial charge in [-0.05, 0) is 13.5 Å². The van der Waals surface area contributed by atoms with E-state index in [9.17, 15) is 4.79 Å². The summed E-state index contributed by atoms with van der Waals surface area (Å²) in [7, 11) is 2.12. The number of hydrogen-bond acceptors (Lipinski definition) is 2. The maximum absolute atomic E-state index is 11.1. The topological polar surface area (TPSA) is 20.3 Å². The molecule has 1 rings (SSSR count). The SMILES string of the molecule is CCCC1CC(=O)CCN1C. The molecule has 1 heterocycles. The highest BCUT2D eigenvalue weighted by Crippen LogP contribution is 2.16. The van der Waals surface area contributed by atoms with Gasteiger partial charge in [0.15, 0.2) is 0 Å². The summed E-state index contributed by atoms with van der Waals surface area (Å²) >= 11 is 0. The molecule has 1 fully saturated rings. The molecule has 0 amide bonds. The molecule has 0 radical (unpaired) electrons. The van der Waals surface area contributed by atoms with Gasteiger partial charge in [-0.15, -0.1) is 0 Å². The molecule has 11 heavy (non-hydrogen) atoms. The predicted molar refractivity (Wildman–Crippen MR) is 45.6 cm³/mol. The van der Waals surface area contributed by atoms with Crippen LogP contribution in [0.15, 0.2) is 0 Å². The van der Waals surface area contributed by atoms with Crippen molar-refractivity contribution in [3.8, 4) is 0 Å². The Hall–Kier alpha value is -0.370. The van der Waals surface area contributed by atoms with Crippen LogP contribution in [0.2, 0.25) is 0 Å². The minimum absolute atomic E-state index is 0.446. The van der Waals surface area contributed by atoms with Crippen molar-refractivity contribution in [2.45, 2.75) is 38.6 Å². The first-order valence-electron chi connectivity index (χ1n) is 4.46. The monoisotopic (exact) mass is 155 g/mol. The van der Waals surface area contributed by atoms with Crippen molar-refractivity contribution in [3.05, 3.63) is 0 Å². The summed E-state index contributed by atoms with van der Waals surface area (Å²) in [4.78, 5) is 13.4. The molecule has 64 valence electrons. The van der Waals surface area contributed by atoms with Crippen LogP contribution in [0.3, 0.4) is 0 Å². The van der Waals surface area contributed by atoms with Gasteiger partial charge in [-0.1, -0.05) is 13.3 Å². The highest BCUT2D eigenvalue weighted by Gasteiger charge is 2.22. The number of piperidine rings is 1. The average Bonchev–Trinajstić information content (AvgIpc) is 1.98. The lowest BCUT2D eigenvalue weighted by molar-refractivity contribution is -0.122. The molecule has 0 aromatic heterocycles. The van der Waals surface area contributed by atoms with Crippen LogP contribution in [0.4, 0.5) is 0 Å². The maximum atomic E-state index is 11.1. The summed E-state index contributed by atoms with van der Waals surface area (Å²) in [5, 5.41) is 0. The Morgan fingerprint density at radius 3 is 3.00 bits per heavy atom. The van der Waals surface area contributed by atoms with Gasteiger partial charge in [-0.2, -0.15) is 0 Å². The second-order valence-electron chi connectivity index (χ2n) is 3.42. The van der Waals surface area contributed by atoms with Crippen molar-refractivity contribution in [2.75, 3.05) is 13.6 Å². The number of Topliss-reactive ketones (excluding diaryl/α,β-unsaturated/α-hetero) is 1. The van der Waals surface area contributed by atoms with Gasteiger partial charge < -0.3 is 4.90 Å². The second-order valence-corrected chi connectivity index (χ2v) is 3.42. The van der Waals surface area contributed by atoms with Gasteiger partial charge in [-0.3, -0.25) is 4.79 Å². The fraction of sp³-hybridized carbons (Fsp3) is 0.889. The number of ketones is 1. The number of carbonyl (C=O) groups excluding carboxylic acids is 1. The van der Waals surface area contributed by atoms with Crippen molar-refractivity contribution in [1.82, 2.24) is 4.90 Å². The van der Waals surface area contributed by atoms with Crippen molar-refractivity contribution in [1.29, 1.82) is 0 Å². The van der Waals surface area contributed by atoms with E-state index < -0.39 is 0 Å². The van der Waals surface area contributed by atoms with Gasteiger partial charge in [0.25, 0.3) is 0 Å². The molecule has 0 bridgehead atoms. The summed E-state index contributed by atoms with van der Waals surface area (Å²) in [6.45, 7) is 3.14. The molecule has 1 unspecified atom stereocenters. The van der Waals surface area contributed by atoms with Crippen LogP contribution in [-0.4, -0.2) is 30.3 Å². The minimum Gasteiger partial charge on any atom is -0.303 e. The zero-order chi connectivity index (χ0) is 8.27. The van der Waals surface area contributed by atoms with Crippen LogP contribution in [-0.2, 0) is 4.79 Å². The van der Waals surface area contributed by atoms with E-state index in [4.69, 9.17) is 0 Å². The fourth-order valence-electron chi connectivity index (χ4n) is 1.66. The van der Waals surface area contributed by atoms with Crippen LogP contribution >= 0.6 is 0 Å². The number of hydrogen-bond donors (Lipinski definition) is 0. The molecule has 0 N–H and O–H groups in total. The molecule has 0 aromatic carbocycles. The molecule has 0 aromatic rings. The largest absolute Gasteiger partial charge is 0.303 e. The third kappa shape index (κ3) is 2.29. The Bertz CT molecular complexity index is 144. The first-order chi connectivity index (χ1) is 5.24. The number of nitrogens with zero attached hydrogens (tertiary/aromatic N) is 1. The smallest absolute Gasteiger partial charge is 0.135 e. The van der Waals surface area contributed by atoms with Crippen LogP contribution in [0.5, 0.6) is 0 Å². The summed E-state index contributed by atoms with van der Waals surface area (Å²) in [6, 6.07) is 0.529. The van der Waals surface area contributed by atoms with E-state index in [0.717, 1.165) is 19.4 Å². The predicted octanol–water partition coefficient (Wildman–Crippen LogP) is 1.45. The molecule has 1 atom stereocenters. The third-order valence-corrected chi connectivity index (χ3v) is 2.45. The Morgan fingerprint density at radius 1 is 1.64 bits per heavy atom. The molecule has 2 nitrogen and oxygen atoms in total. The van der Waals surface area contributed by atoms with Crippen molar-refractivity contribution in [2.24, 2.45) is 0 Å². The van der Waals surface area contributed by atoms with Crippen LogP contribution in [0, 0.1) is 0 Å². The number of likely N-dealkylation sites (tertiary alicyclic amines) is 1. The van der Waals surface area contributed by atoms with Crippen LogP contribution in [0.25, 0.3) is 0 Å². The molecule has 0 saturated carbocycles. The molecule has 0 spiro atoms. The maximum Gasteiger partial charge on any atom is 0.135 e. The minimum atomic E-state index is 0.446. The highest BCUT2D eigenvalue weighted by molar-refractivity contribution is 5.79. The van der Waals surface area contributed by atoms with Gasteiger partial charge in [0.05, 0.1) is 0 Å². The van der Waals surface area contributed by atoms with E-state index in [1.807, 2.05) is 0 Å². The summed E-state index contributed by atoms with van der Waals surface area (Å²) in [6.07, 6.45) is 3.89. The molecular formula is C9H17NO. The van der Waals surface area contributed by atoms with Crippen molar-refractivity contribution < 1.29 is 4.79 Å². The molecule has 2 heteroatoms. The molecule has 0 aliphatic carbocycles. The zero-order valence-electron chi connectivity index (χ0n) is 7.47. The van der Waals surface area contributed by atoms with E-state index in [1.165, 1.54) is 12.8 Å². The third-order valence-electron chi connectivity index (χ3n) is 2.45. The van der Waals surface area contributed by atoms with E-state index >= 15 is 0 Å². The lowest BCUT2D eigenvalue weighted by Crippen LogP contribution is -2.39. The van der Waals surface area contributed by atoms with Crippen LogP contribution < -0.4 is 0 Å². The molecule has 1 aliphatic rings. The summed E-state index contributed by atoms with van der Waals surface area (Å²) < 4.78 is 0. The molecule has 1 aliphatic heterocycles. The van der Waals surface area contributed by atoms with Crippen LogP contribution in [0.1, 0.15) is 32.6 Å². The first kappa shape index (κ1) is 8.72. The lowest BCUT2D eigenvalue weighted by atomic mass is 9.98. The molecular weight excluding hydrogens is 138 g/mol. The first-order valence-corrected chi connectivity index (χ1v) is 4.46. The summed E-state index contributed by atoms with van der Waals surface area (Å²) in [5.41, 5.74) is 0. The lowest BCUT2D eigenvalue weighted by Gasteiger charge is -2.31. The Kier molecular flexibility index (Phi) is 3.06. The molecule has 1 saturated heterocycles. The van der Waals surface area contributed by atoms with Gasteiger partial charge >= 0.3 is 0 Å². The quantitative estimate of drug-likeness (QED) is 0.601. The second kappa shape index (κ2) is 3.86. The van der Waals surface area contributed by atoms with Gasteiger partial charge in [-0.25, -0.2) is 0 Å². The number of rotatable bonds is 2. The van der Waals surface area contributed by atoms with Gasteiger partial charge in [0, 0.05) is 25.4 Å². The van der Waals surface area contributed by atoms with E-state index in [2.05, 4.69) is 18.9 Å². The standard InChI is InChI=1S/C9H17NO/c1-3-4-8-7-9(11)5-6-10(8)2/h8H,3-7H2,1-2H3. The fourth-order valence-corrected chi connectivity index (χ4v) is 1.66. The van der Waals surface area contributed by atoms with E-state index in [0.29, 0.717) is 11.8 Å². The van der Waals surface area contributed by atoms with Gasteiger partial charge in [0.2, 0.25) is 0 Å². The Balaban J connectivity index is 2.40. The number of carbonyl (C=O) groups is 1. The van der Waals surface area contributed by atoms with E-state index in [-0.39, 0.29) is 0 Å². The Morgan fingerprint density at radius 2 is 2.36 bits per heavy atom. The zero-order valence-corrected chi connectivity index (χ0v) is 7.47. The van der Waals surface area contributed by atoms with E-state index in [1.54, 1.807) is 0 Å². The average molecular weight is 155 g/mol. The van der Waals surface area contributed by atoms with Crippen molar-refractivity contribution >= 4 is 5.78 Å². The van der Waals surface area contributed by atoms with Crippen molar-refractivity contribution in [3.63, 3.8) is 0 Å². The summed E-state index contributed by atoms with van der Waals surface area (Å²) in [5.74, 6) is 0.446.